The Morgan fingerprint density at radius 2 is 1.91 bits per heavy atom. The summed E-state index contributed by atoms with van der Waals surface area (Å²) >= 11 is 0. The van der Waals surface area contributed by atoms with E-state index in [4.69, 9.17) is 14.0 Å². The van der Waals surface area contributed by atoms with E-state index in [0.29, 0.717) is 17.3 Å². The molecule has 1 saturated carbocycles. The first-order chi connectivity index (χ1) is 16.5. The van der Waals surface area contributed by atoms with Crippen molar-refractivity contribution in [3.05, 3.63) is 48.3 Å². The zero-order valence-electron chi connectivity index (χ0n) is 19.2. The Labute approximate surface area is 195 Å². The third-order valence-electron chi connectivity index (χ3n) is 6.02. The average Bonchev–Trinajstić information content (AvgIpc) is 3.35. The van der Waals surface area contributed by atoms with Crippen LogP contribution in [0.5, 0.6) is 11.8 Å². The van der Waals surface area contributed by atoms with Gasteiger partial charge in [-0.15, -0.1) is 0 Å². The molecule has 4 aromatic rings. The van der Waals surface area contributed by atoms with E-state index in [1.165, 1.54) is 19.4 Å². The van der Waals surface area contributed by atoms with Crippen molar-refractivity contribution in [3.63, 3.8) is 0 Å². The van der Waals surface area contributed by atoms with Crippen LogP contribution >= 0.6 is 0 Å². The SMILES string of the molecule is COc1cc(F)c(-c2nc(OC3CCC(c4nc(C(C)C)no4)CC3)c3ccncc3n2)cn1. The second-order valence-electron chi connectivity index (χ2n) is 8.69. The monoisotopic (exact) mass is 464 g/mol. The normalized spacial score (nSPS) is 18.4. The van der Waals surface area contributed by atoms with Gasteiger partial charge in [-0.25, -0.2) is 14.4 Å². The summed E-state index contributed by atoms with van der Waals surface area (Å²) in [6, 6.07) is 3.00. The summed E-state index contributed by atoms with van der Waals surface area (Å²) in [5.74, 6) is 2.14. The van der Waals surface area contributed by atoms with Crippen LogP contribution in [0.4, 0.5) is 4.39 Å². The molecule has 0 amide bonds. The zero-order valence-corrected chi connectivity index (χ0v) is 19.2. The second kappa shape index (κ2) is 9.28. The Morgan fingerprint density at radius 1 is 1.09 bits per heavy atom. The first-order valence-electron chi connectivity index (χ1n) is 11.3. The van der Waals surface area contributed by atoms with E-state index in [1.807, 2.05) is 13.8 Å². The highest BCUT2D eigenvalue weighted by atomic mass is 19.1. The van der Waals surface area contributed by atoms with E-state index >= 15 is 0 Å². The van der Waals surface area contributed by atoms with Gasteiger partial charge in [0.15, 0.2) is 11.6 Å². The number of hydrogen-bond donors (Lipinski definition) is 0. The van der Waals surface area contributed by atoms with Crippen LogP contribution in [0, 0.1) is 5.82 Å². The molecule has 10 heteroatoms. The van der Waals surface area contributed by atoms with Crippen LogP contribution in [0.1, 0.15) is 63.1 Å². The lowest BCUT2D eigenvalue weighted by Gasteiger charge is -2.27. The molecule has 1 aliphatic rings. The minimum absolute atomic E-state index is 0.0401. The Bertz CT molecular complexity index is 1300. The highest BCUT2D eigenvalue weighted by molar-refractivity contribution is 5.84. The Balaban J connectivity index is 1.37. The van der Waals surface area contributed by atoms with E-state index < -0.39 is 5.82 Å². The molecule has 0 atom stereocenters. The lowest BCUT2D eigenvalue weighted by molar-refractivity contribution is 0.135. The van der Waals surface area contributed by atoms with E-state index in [1.54, 1.807) is 18.5 Å². The Hall–Kier alpha value is -3.69. The molecule has 0 saturated heterocycles. The summed E-state index contributed by atoms with van der Waals surface area (Å²) in [5.41, 5.74) is 0.732. The van der Waals surface area contributed by atoms with Gasteiger partial charge >= 0.3 is 0 Å². The lowest BCUT2D eigenvalue weighted by atomic mass is 9.87. The number of ether oxygens (including phenoxy) is 2. The van der Waals surface area contributed by atoms with Crippen LogP contribution in [0.25, 0.3) is 22.3 Å². The quantitative estimate of drug-likeness (QED) is 0.396. The Morgan fingerprint density at radius 3 is 2.62 bits per heavy atom. The van der Waals surface area contributed by atoms with Crippen LogP contribution < -0.4 is 9.47 Å². The smallest absolute Gasteiger partial charge is 0.229 e. The highest BCUT2D eigenvalue weighted by Gasteiger charge is 2.29. The van der Waals surface area contributed by atoms with Crippen LogP contribution in [-0.2, 0) is 0 Å². The van der Waals surface area contributed by atoms with E-state index in [9.17, 15) is 4.39 Å². The molecule has 0 N–H and O–H groups in total. The van der Waals surface area contributed by atoms with Crippen molar-refractivity contribution in [1.82, 2.24) is 30.1 Å². The maximum atomic E-state index is 14.7. The maximum Gasteiger partial charge on any atom is 0.229 e. The van der Waals surface area contributed by atoms with Crippen molar-refractivity contribution in [2.75, 3.05) is 7.11 Å². The molecule has 0 spiro atoms. The molecular weight excluding hydrogens is 439 g/mol. The predicted octanol–water partition coefficient (Wildman–Crippen LogP) is 4.85. The molecule has 1 fully saturated rings. The molecule has 4 heterocycles. The third-order valence-corrected chi connectivity index (χ3v) is 6.02. The summed E-state index contributed by atoms with van der Waals surface area (Å²) in [6.07, 6.45) is 7.96. The van der Waals surface area contributed by atoms with Crippen molar-refractivity contribution < 1.29 is 18.4 Å². The van der Waals surface area contributed by atoms with Gasteiger partial charge in [-0.1, -0.05) is 19.0 Å². The molecule has 0 aliphatic heterocycles. The van der Waals surface area contributed by atoms with Gasteiger partial charge in [0.05, 0.1) is 29.8 Å². The molecule has 9 nitrogen and oxygen atoms in total. The van der Waals surface area contributed by atoms with E-state index in [0.717, 1.165) is 36.9 Å². The number of fused-ring (bicyclic) bond motifs is 1. The molecule has 0 radical (unpaired) electrons. The van der Waals surface area contributed by atoms with Gasteiger partial charge in [0.1, 0.15) is 11.9 Å². The number of hydrogen-bond acceptors (Lipinski definition) is 9. The Kier molecular flexibility index (Phi) is 6.04. The molecule has 34 heavy (non-hydrogen) atoms. The van der Waals surface area contributed by atoms with Crippen molar-refractivity contribution in [2.45, 2.75) is 57.5 Å². The average molecular weight is 465 g/mol. The fourth-order valence-electron chi connectivity index (χ4n) is 4.08. The molecule has 5 rings (SSSR count). The second-order valence-corrected chi connectivity index (χ2v) is 8.69. The highest BCUT2D eigenvalue weighted by Crippen LogP contribution is 2.36. The summed E-state index contributed by atoms with van der Waals surface area (Å²) in [4.78, 5) is 21.8. The van der Waals surface area contributed by atoms with Gasteiger partial charge in [-0.05, 0) is 31.7 Å². The number of rotatable bonds is 6. The topological polar surface area (TPSA) is 109 Å². The molecule has 4 aromatic heterocycles. The fraction of sp³-hybridized carbons (Fsp3) is 0.417. The van der Waals surface area contributed by atoms with Gasteiger partial charge in [0.2, 0.25) is 17.7 Å². The van der Waals surface area contributed by atoms with Gasteiger partial charge < -0.3 is 14.0 Å². The zero-order chi connectivity index (χ0) is 23.7. The molecule has 0 bridgehead atoms. The van der Waals surface area contributed by atoms with Gasteiger partial charge in [-0.2, -0.15) is 9.97 Å². The maximum absolute atomic E-state index is 14.7. The minimum Gasteiger partial charge on any atom is -0.481 e. The minimum atomic E-state index is -0.526. The van der Waals surface area contributed by atoms with E-state index in [-0.39, 0.29) is 35.2 Å². The summed E-state index contributed by atoms with van der Waals surface area (Å²) in [7, 11) is 1.43. The number of halogens is 1. The molecule has 0 unspecified atom stereocenters. The molecule has 0 aromatic carbocycles. The summed E-state index contributed by atoms with van der Waals surface area (Å²) < 4.78 is 31.5. The van der Waals surface area contributed by atoms with Gasteiger partial charge in [0.25, 0.3) is 0 Å². The number of pyridine rings is 2. The summed E-state index contributed by atoms with van der Waals surface area (Å²) in [6.45, 7) is 4.09. The first kappa shape index (κ1) is 22.1. The van der Waals surface area contributed by atoms with Crippen molar-refractivity contribution >= 4 is 10.9 Å². The number of aromatic nitrogens is 6. The predicted molar refractivity (Wildman–Crippen MR) is 121 cm³/mol. The molecule has 176 valence electrons. The van der Waals surface area contributed by atoms with Crippen LogP contribution in [0.2, 0.25) is 0 Å². The van der Waals surface area contributed by atoms with Crippen molar-refractivity contribution in [3.8, 4) is 23.1 Å². The van der Waals surface area contributed by atoms with Gasteiger partial charge in [0, 0.05) is 30.3 Å². The van der Waals surface area contributed by atoms with Crippen molar-refractivity contribution in [2.24, 2.45) is 0 Å². The fourth-order valence-corrected chi connectivity index (χ4v) is 4.08. The number of methoxy groups -OCH3 is 1. The van der Waals surface area contributed by atoms with Crippen molar-refractivity contribution in [1.29, 1.82) is 0 Å². The van der Waals surface area contributed by atoms with Crippen LogP contribution in [-0.4, -0.2) is 43.3 Å². The summed E-state index contributed by atoms with van der Waals surface area (Å²) in [5, 5.41) is 4.81. The van der Waals surface area contributed by atoms with Crippen LogP contribution in [0.15, 0.2) is 35.2 Å². The lowest BCUT2D eigenvalue weighted by Crippen LogP contribution is -2.24. The van der Waals surface area contributed by atoms with Gasteiger partial charge in [-0.3, -0.25) is 4.98 Å². The third kappa shape index (κ3) is 4.40. The molecule has 1 aliphatic carbocycles. The first-order valence-corrected chi connectivity index (χ1v) is 11.3. The van der Waals surface area contributed by atoms with Crippen LogP contribution in [0.3, 0.4) is 0 Å². The largest absolute Gasteiger partial charge is 0.481 e. The molecular formula is C24H25FN6O3. The van der Waals surface area contributed by atoms with E-state index in [2.05, 4.69) is 30.1 Å². The number of nitrogens with zero attached hydrogens (tertiary/aromatic N) is 6. The standard InChI is InChI=1S/C24H25FN6O3/c1-13(2)21-29-23(34-31-21)14-4-6-15(7-5-14)33-24-16-8-9-26-12-19(16)28-22(30-24)17-11-27-20(32-3)10-18(17)25/h8-15H,4-7H2,1-3H3.